The number of halogens is 3. The van der Waals surface area contributed by atoms with Crippen molar-refractivity contribution in [2.45, 2.75) is 6.61 Å². The van der Waals surface area contributed by atoms with Crippen LogP contribution < -0.4 is 4.74 Å². The van der Waals surface area contributed by atoms with Gasteiger partial charge in [0, 0.05) is 0 Å². The summed E-state index contributed by atoms with van der Waals surface area (Å²) in [7, 11) is 0. The zero-order valence-corrected chi connectivity index (χ0v) is 7.89. The number of ether oxygens (including phenoxy) is 1. The Bertz CT molecular complexity index is 476. The van der Waals surface area contributed by atoms with Gasteiger partial charge in [0.2, 0.25) is 5.75 Å². The van der Waals surface area contributed by atoms with Gasteiger partial charge in [0.05, 0.1) is 4.92 Å². The predicted octanol–water partition coefficient (Wildman–Crippen LogP) is 2.03. The van der Waals surface area contributed by atoms with E-state index in [1.165, 1.54) is 0 Å². The maximum absolute atomic E-state index is 13.1. The van der Waals surface area contributed by atoms with Gasteiger partial charge >= 0.3 is 18.3 Å². The first kappa shape index (κ1) is 12.7. The van der Waals surface area contributed by atoms with Crippen molar-refractivity contribution >= 4 is 11.7 Å². The number of nitrogens with zero attached hydrogens (tertiary/aromatic N) is 1. The van der Waals surface area contributed by atoms with Gasteiger partial charge in [-0.3, -0.25) is 10.1 Å². The molecule has 1 aromatic rings. The van der Waals surface area contributed by atoms with E-state index >= 15 is 0 Å². The molecule has 0 saturated heterocycles. The number of rotatable bonds is 4. The van der Waals surface area contributed by atoms with Crippen molar-refractivity contribution in [2.75, 3.05) is 0 Å². The number of hydrogen-bond acceptors (Lipinski definition) is 4. The highest BCUT2D eigenvalue weighted by molar-refractivity contribution is 5.94. The van der Waals surface area contributed by atoms with E-state index in [4.69, 9.17) is 5.11 Å². The average Bonchev–Trinajstić information content (AvgIpc) is 2.18. The number of hydrogen-bond donors (Lipinski definition) is 1. The van der Waals surface area contributed by atoms with Crippen molar-refractivity contribution in [3.8, 4) is 5.75 Å². The smallest absolute Gasteiger partial charge is 0.387 e. The van der Waals surface area contributed by atoms with Crippen LogP contribution in [0.2, 0.25) is 0 Å². The Morgan fingerprint density at radius 3 is 2.47 bits per heavy atom. The summed E-state index contributed by atoms with van der Waals surface area (Å²) in [6, 6.07) is 1.06. The van der Waals surface area contributed by atoms with Crippen molar-refractivity contribution in [3.05, 3.63) is 33.6 Å². The van der Waals surface area contributed by atoms with Crippen molar-refractivity contribution in [1.29, 1.82) is 0 Å². The molecule has 17 heavy (non-hydrogen) atoms. The molecule has 6 nitrogen and oxygen atoms in total. The van der Waals surface area contributed by atoms with Gasteiger partial charge in [-0.25, -0.2) is 9.18 Å². The first-order valence-electron chi connectivity index (χ1n) is 3.99. The summed E-state index contributed by atoms with van der Waals surface area (Å²) in [5.41, 5.74) is -2.68. The molecule has 0 atom stereocenters. The fraction of sp³-hybridized carbons (Fsp3) is 0.125. The van der Waals surface area contributed by atoms with Crippen LogP contribution in [0.5, 0.6) is 5.75 Å². The van der Waals surface area contributed by atoms with Crippen LogP contribution in [0.4, 0.5) is 18.9 Å². The minimum atomic E-state index is -3.39. The van der Waals surface area contributed by atoms with Gasteiger partial charge in [-0.1, -0.05) is 0 Å². The van der Waals surface area contributed by atoms with Crippen LogP contribution in [0.25, 0.3) is 0 Å². The molecule has 92 valence electrons. The molecular formula is C8H4F3NO5. The van der Waals surface area contributed by atoms with E-state index in [0.717, 1.165) is 0 Å². The Morgan fingerprint density at radius 2 is 2.06 bits per heavy atom. The van der Waals surface area contributed by atoms with Crippen molar-refractivity contribution in [1.82, 2.24) is 0 Å². The van der Waals surface area contributed by atoms with E-state index in [2.05, 4.69) is 4.74 Å². The van der Waals surface area contributed by atoms with Crippen molar-refractivity contribution in [3.63, 3.8) is 0 Å². The normalized spacial score (nSPS) is 10.4. The third-order valence-electron chi connectivity index (χ3n) is 1.70. The van der Waals surface area contributed by atoms with Crippen LogP contribution in [0.15, 0.2) is 12.1 Å². The minimum Gasteiger partial charge on any atom is -0.477 e. The molecular weight excluding hydrogens is 247 g/mol. The van der Waals surface area contributed by atoms with Gasteiger partial charge in [0.25, 0.3) is 0 Å². The van der Waals surface area contributed by atoms with Gasteiger partial charge in [0.1, 0.15) is 5.82 Å². The van der Waals surface area contributed by atoms with E-state index in [0.29, 0.717) is 12.1 Å². The standard InChI is InChI=1S/C8H4F3NO5/c9-3-1-2-4(17-8(10)11)6(12(15)16)5(3)7(13)14/h1-2,8H,(H,13,14). The van der Waals surface area contributed by atoms with Crippen molar-refractivity contribution in [2.24, 2.45) is 0 Å². The first-order chi connectivity index (χ1) is 7.84. The molecule has 0 fully saturated rings. The Hall–Kier alpha value is -2.32. The molecule has 0 aliphatic carbocycles. The molecule has 0 saturated carbocycles. The lowest BCUT2D eigenvalue weighted by Crippen LogP contribution is -2.10. The molecule has 1 rings (SSSR count). The lowest BCUT2D eigenvalue weighted by Gasteiger charge is -2.07. The van der Waals surface area contributed by atoms with E-state index in [1.807, 2.05) is 0 Å². The zero-order chi connectivity index (χ0) is 13.2. The summed E-state index contributed by atoms with van der Waals surface area (Å²) in [4.78, 5) is 19.8. The van der Waals surface area contributed by atoms with Gasteiger partial charge in [-0.2, -0.15) is 8.78 Å². The fourth-order valence-corrected chi connectivity index (χ4v) is 1.12. The molecule has 1 N–H and O–H groups in total. The molecule has 0 aliphatic heterocycles. The minimum absolute atomic E-state index is 0.494. The molecule has 0 aliphatic rings. The zero-order valence-electron chi connectivity index (χ0n) is 7.89. The molecule has 0 unspecified atom stereocenters. The molecule has 9 heteroatoms. The van der Waals surface area contributed by atoms with Crippen molar-refractivity contribution < 1.29 is 32.7 Å². The van der Waals surface area contributed by atoms with Crippen LogP contribution in [0.1, 0.15) is 10.4 Å². The number of nitro benzene ring substituents is 1. The topological polar surface area (TPSA) is 89.7 Å². The number of carbonyl (C=O) groups is 1. The van der Waals surface area contributed by atoms with Crippen LogP contribution in [-0.2, 0) is 0 Å². The van der Waals surface area contributed by atoms with E-state index < -0.39 is 40.3 Å². The molecule has 0 amide bonds. The van der Waals surface area contributed by atoms with Crippen LogP contribution >= 0.6 is 0 Å². The van der Waals surface area contributed by atoms with E-state index in [-0.39, 0.29) is 0 Å². The number of nitro groups is 1. The third-order valence-corrected chi connectivity index (χ3v) is 1.70. The highest BCUT2D eigenvalue weighted by Gasteiger charge is 2.30. The Balaban J connectivity index is 3.47. The molecule has 1 aromatic carbocycles. The van der Waals surface area contributed by atoms with Gasteiger partial charge in [0.15, 0.2) is 5.56 Å². The van der Waals surface area contributed by atoms with Crippen LogP contribution in [-0.4, -0.2) is 22.6 Å². The molecule has 0 radical (unpaired) electrons. The SMILES string of the molecule is O=C(O)c1c(F)ccc(OC(F)F)c1[N+](=O)[O-]. The predicted molar refractivity (Wildman–Crippen MR) is 46.6 cm³/mol. The maximum atomic E-state index is 13.1. The van der Waals surface area contributed by atoms with E-state index in [1.54, 1.807) is 0 Å². The van der Waals surface area contributed by atoms with Gasteiger partial charge < -0.3 is 9.84 Å². The molecule has 0 heterocycles. The number of carboxylic acids is 1. The summed E-state index contributed by atoms with van der Waals surface area (Å²) in [5.74, 6) is -4.37. The lowest BCUT2D eigenvalue weighted by molar-refractivity contribution is -0.386. The summed E-state index contributed by atoms with van der Waals surface area (Å²) in [6.45, 7) is -3.39. The van der Waals surface area contributed by atoms with Crippen LogP contribution in [0, 0.1) is 15.9 Å². The number of carboxylic acid groups (broad SMARTS) is 1. The fourth-order valence-electron chi connectivity index (χ4n) is 1.12. The summed E-state index contributed by atoms with van der Waals surface area (Å²) < 4.78 is 40.6. The second-order valence-corrected chi connectivity index (χ2v) is 2.71. The molecule has 0 aromatic heterocycles. The lowest BCUT2D eigenvalue weighted by atomic mass is 10.1. The number of aromatic carboxylic acids is 1. The van der Waals surface area contributed by atoms with E-state index in [9.17, 15) is 28.1 Å². The molecule has 0 bridgehead atoms. The maximum Gasteiger partial charge on any atom is 0.387 e. The number of benzene rings is 1. The summed E-state index contributed by atoms with van der Waals surface area (Å²) in [5, 5.41) is 19.1. The van der Waals surface area contributed by atoms with Crippen LogP contribution in [0.3, 0.4) is 0 Å². The Labute approximate surface area is 91.4 Å². The highest BCUT2D eigenvalue weighted by Crippen LogP contribution is 2.33. The second kappa shape index (κ2) is 4.68. The summed E-state index contributed by atoms with van der Waals surface area (Å²) >= 11 is 0. The Morgan fingerprint density at radius 1 is 1.47 bits per heavy atom. The first-order valence-corrected chi connectivity index (χ1v) is 3.99. The quantitative estimate of drug-likeness (QED) is 0.653. The highest BCUT2D eigenvalue weighted by atomic mass is 19.3. The largest absolute Gasteiger partial charge is 0.477 e. The second-order valence-electron chi connectivity index (χ2n) is 2.71. The van der Waals surface area contributed by atoms with Gasteiger partial charge in [-0.15, -0.1) is 0 Å². The number of alkyl halides is 2. The monoisotopic (exact) mass is 251 g/mol. The third kappa shape index (κ3) is 2.62. The Kier molecular flexibility index (Phi) is 3.51. The molecule has 0 spiro atoms. The average molecular weight is 251 g/mol. The van der Waals surface area contributed by atoms with Gasteiger partial charge in [-0.05, 0) is 12.1 Å². The summed E-state index contributed by atoms with van der Waals surface area (Å²) in [6.07, 6.45) is 0.